The zero-order valence-electron chi connectivity index (χ0n) is 36.4. The van der Waals surface area contributed by atoms with E-state index in [1.165, 1.54) is 7.28 Å². The number of methoxy groups -OCH3 is 1. The molecule has 1 heterocycles. The van der Waals surface area contributed by atoms with E-state index < -0.39 is 41.8 Å². The first-order valence-corrected chi connectivity index (χ1v) is 22.3. The van der Waals surface area contributed by atoms with E-state index in [9.17, 15) is 14.7 Å². The van der Waals surface area contributed by atoms with Crippen molar-refractivity contribution in [1.29, 1.82) is 0 Å². The number of carbonyl (C=O) groups excluding carboxylic acids is 2. The van der Waals surface area contributed by atoms with Crippen molar-refractivity contribution < 1.29 is 43.1 Å². The summed E-state index contributed by atoms with van der Waals surface area (Å²) in [6.45, 7) is -0.0969. The summed E-state index contributed by atoms with van der Waals surface area (Å²) in [5.41, 5.74) is 10.0. The number of rotatable bonds is 14. The molecule has 1 N–H and O–H groups in total. The third-order valence-electron chi connectivity index (χ3n) is 13.2. The average molecular weight is 876 g/mol. The third-order valence-corrected chi connectivity index (χ3v) is 13.2. The summed E-state index contributed by atoms with van der Waals surface area (Å²) in [5, 5.41) is 12.3. The van der Waals surface area contributed by atoms with Gasteiger partial charge in [-0.3, -0.25) is 4.79 Å². The van der Waals surface area contributed by atoms with Gasteiger partial charge in [0.05, 0.1) is 13.7 Å². The minimum absolute atomic E-state index is 0.0119. The molecule has 10 rings (SSSR count). The van der Waals surface area contributed by atoms with E-state index in [2.05, 4.69) is 36.4 Å². The molecule has 4 atom stereocenters. The van der Waals surface area contributed by atoms with Crippen molar-refractivity contribution >= 4 is 19.3 Å². The number of fused-ring (bicyclic) bond motifs is 6. The first kappa shape index (κ1) is 42.9. The van der Waals surface area contributed by atoms with Gasteiger partial charge in [-0.05, 0) is 73.3 Å². The normalized spacial score (nSPS) is 18.6. The predicted octanol–water partition coefficient (Wildman–Crippen LogP) is 10.5. The van der Waals surface area contributed by atoms with Gasteiger partial charge in [-0.15, -0.1) is 0 Å². The Bertz CT molecular complexity index is 2680. The molecule has 1 saturated heterocycles. The highest BCUT2D eigenvalue weighted by molar-refractivity contribution is 6.73. The molecule has 1 fully saturated rings. The number of hydrogen-bond donors (Lipinski definition) is 1. The molecule has 3 aliphatic rings. The van der Waals surface area contributed by atoms with Crippen LogP contribution in [0.15, 0.2) is 182 Å². The SMILES string of the molecule is COc1ccc(C(OCC2OCC([B]C(=O)OCC3c4ccccc4-c4ccccc43)[C@@H](OC(=O)OCC3c4ccccc4-c4ccccc43)C2O)(c2ccccc2)c2ccccc2)cc1. The molecule has 0 bridgehead atoms. The van der Waals surface area contributed by atoms with Crippen LogP contribution in [-0.2, 0) is 29.3 Å². The molecule has 7 aromatic rings. The summed E-state index contributed by atoms with van der Waals surface area (Å²) < 4.78 is 36.9. The fourth-order valence-corrected chi connectivity index (χ4v) is 10.0. The maximum Gasteiger partial charge on any atom is 0.508 e. The van der Waals surface area contributed by atoms with E-state index in [-0.39, 0.29) is 38.3 Å². The Balaban J connectivity index is 0.905. The van der Waals surface area contributed by atoms with Gasteiger partial charge in [-0.1, -0.05) is 170 Å². The van der Waals surface area contributed by atoms with Crippen molar-refractivity contribution in [2.75, 3.05) is 33.5 Å². The highest BCUT2D eigenvalue weighted by atomic mass is 16.7. The van der Waals surface area contributed by atoms with Crippen LogP contribution in [0.3, 0.4) is 0 Å². The molecule has 0 aromatic heterocycles. The molecular formula is C56H48BO9. The lowest BCUT2D eigenvalue weighted by atomic mass is 9.60. The second-order valence-electron chi connectivity index (χ2n) is 16.9. The van der Waals surface area contributed by atoms with Crippen LogP contribution in [0.2, 0.25) is 5.82 Å². The Kier molecular flexibility index (Phi) is 12.3. The third kappa shape index (κ3) is 8.17. The summed E-state index contributed by atoms with van der Waals surface area (Å²) in [6, 6.07) is 59.8. The van der Waals surface area contributed by atoms with Crippen molar-refractivity contribution in [3.63, 3.8) is 0 Å². The highest BCUT2D eigenvalue weighted by Crippen LogP contribution is 2.47. The molecule has 1 aliphatic heterocycles. The van der Waals surface area contributed by atoms with Crippen molar-refractivity contribution in [2.24, 2.45) is 0 Å². The zero-order valence-corrected chi connectivity index (χ0v) is 36.4. The van der Waals surface area contributed by atoms with Crippen LogP contribution < -0.4 is 4.74 Å². The molecule has 10 heteroatoms. The fourth-order valence-electron chi connectivity index (χ4n) is 10.0. The van der Waals surface area contributed by atoms with Crippen molar-refractivity contribution in [3.8, 4) is 28.0 Å². The van der Waals surface area contributed by atoms with E-state index in [1.54, 1.807) is 7.11 Å². The molecule has 3 unspecified atom stereocenters. The Morgan fingerprint density at radius 3 is 1.50 bits per heavy atom. The lowest BCUT2D eigenvalue weighted by Crippen LogP contribution is -2.54. The van der Waals surface area contributed by atoms with Gasteiger partial charge in [-0.25, -0.2) is 4.79 Å². The topological polar surface area (TPSA) is 110 Å². The molecule has 66 heavy (non-hydrogen) atoms. The van der Waals surface area contributed by atoms with Crippen LogP contribution in [0, 0.1) is 0 Å². The Morgan fingerprint density at radius 2 is 1.02 bits per heavy atom. The number of hydrogen-bond acceptors (Lipinski definition) is 9. The summed E-state index contributed by atoms with van der Waals surface area (Å²) >= 11 is 0. The lowest BCUT2D eigenvalue weighted by molar-refractivity contribution is -0.171. The lowest BCUT2D eigenvalue weighted by Gasteiger charge is -2.42. The number of carbonyl (C=O) groups is 2. The Morgan fingerprint density at radius 1 is 0.576 bits per heavy atom. The van der Waals surface area contributed by atoms with Crippen molar-refractivity contribution in [1.82, 2.24) is 0 Å². The van der Waals surface area contributed by atoms with Gasteiger partial charge in [0.25, 0.3) is 7.28 Å². The molecule has 7 aromatic carbocycles. The first-order valence-electron chi connectivity index (χ1n) is 22.3. The predicted molar refractivity (Wildman–Crippen MR) is 252 cm³/mol. The number of aliphatic hydroxyl groups is 1. The average Bonchev–Trinajstić information content (AvgIpc) is 3.87. The van der Waals surface area contributed by atoms with Crippen LogP contribution in [0.5, 0.6) is 5.75 Å². The zero-order chi connectivity index (χ0) is 45.0. The van der Waals surface area contributed by atoms with Gasteiger partial charge in [0.2, 0.25) is 5.87 Å². The molecular weight excluding hydrogens is 827 g/mol. The van der Waals surface area contributed by atoms with E-state index in [1.807, 2.05) is 146 Å². The van der Waals surface area contributed by atoms with Gasteiger partial charge < -0.3 is 33.5 Å². The van der Waals surface area contributed by atoms with E-state index in [0.717, 1.165) is 61.2 Å². The van der Waals surface area contributed by atoms with Crippen molar-refractivity contribution in [2.45, 2.75) is 41.6 Å². The van der Waals surface area contributed by atoms with Gasteiger partial charge in [0, 0.05) is 24.3 Å². The molecule has 1 radical (unpaired) electrons. The van der Waals surface area contributed by atoms with Gasteiger partial charge in [0.1, 0.15) is 42.9 Å². The van der Waals surface area contributed by atoms with Crippen LogP contribution in [-0.4, -0.2) is 76.3 Å². The quantitative estimate of drug-likeness (QED) is 0.0649. The smallest absolute Gasteiger partial charge is 0.497 e. The summed E-state index contributed by atoms with van der Waals surface area (Å²) in [6.07, 6.45) is -4.67. The molecule has 0 amide bonds. The summed E-state index contributed by atoms with van der Waals surface area (Å²) in [7, 11) is 2.96. The van der Waals surface area contributed by atoms with Gasteiger partial charge in [0.15, 0.2) is 0 Å². The fraction of sp³-hybridized carbons (Fsp3) is 0.214. The van der Waals surface area contributed by atoms with Crippen LogP contribution in [0.4, 0.5) is 9.59 Å². The van der Waals surface area contributed by atoms with Gasteiger partial charge in [-0.2, -0.15) is 0 Å². The molecule has 2 aliphatic carbocycles. The second-order valence-corrected chi connectivity index (χ2v) is 16.9. The maximum absolute atomic E-state index is 13.9. The number of aliphatic hydroxyl groups excluding tert-OH is 1. The van der Waals surface area contributed by atoms with E-state index in [4.69, 9.17) is 28.4 Å². The number of ether oxygens (including phenoxy) is 6. The van der Waals surface area contributed by atoms with Crippen LogP contribution in [0.25, 0.3) is 22.3 Å². The van der Waals surface area contributed by atoms with Gasteiger partial charge >= 0.3 is 6.16 Å². The van der Waals surface area contributed by atoms with Crippen molar-refractivity contribution in [3.05, 3.63) is 221 Å². The summed E-state index contributed by atoms with van der Waals surface area (Å²) in [5.74, 6) is -1.19. The highest BCUT2D eigenvalue weighted by Gasteiger charge is 2.47. The molecule has 0 saturated carbocycles. The standard InChI is InChI=1S/C56H48BO9/c1-61-39-30-28-38(29-31-39)56(36-16-4-2-5-17-36,37-18-6-3-7-19-37)65-35-51-52(58)53(66-55(60)64-33-49-46-26-14-10-22-42(46)43-23-11-15-27-47(43)49)50(34-62-51)57-54(59)63-32-48-44-24-12-8-20-40(44)41-21-9-13-25-45(41)48/h2-31,48-53,58H,32-35H2,1H3/t50?,51?,52?,53-/m1/s1. The monoisotopic (exact) mass is 875 g/mol. The Hall–Kier alpha value is -6.98. The van der Waals surface area contributed by atoms with E-state index in [0.29, 0.717) is 5.75 Å². The minimum atomic E-state index is -1.44. The summed E-state index contributed by atoms with van der Waals surface area (Å²) in [4.78, 5) is 27.7. The molecule has 0 spiro atoms. The Labute approximate surface area is 385 Å². The maximum atomic E-state index is 13.9. The molecule has 329 valence electrons. The first-order chi connectivity index (χ1) is 32.4. The minimum Gasteiger partial charge on any atom is -0.497 e. The van der Waals surface area contributed by atoms with Crippen LogP contribution in [0.1, 0.15) is 50.8 Å². The largest absolute Gasteiger partial charge is 0.508 e. The van der Waals surface area contributed by atoms with E-state index >= 15 is 0 Å². The number of benzene rings is 7. The second kappa shape index (κ2) is 18.9. The van der Waals surface area contributed by atoms with Crippen LogP contribution >= 0.6 is 0 Å². The molecule has 9 nitrogen and oxygen atoms in total.